The lowest BCUT2D eigenvalue weighted by Crippen LogP contribution is -2.12. The molecular weight excluding hydrogens is 623 g/mol. The lowest BCUT2D eigenvalue weighted by molar-refractivity contribution is 1.29. The van der Waals surface area contributed by atoms with Crippen molar-refractivity contribution < 1.29 is 0 Å². The first-order valence-corrected chi connectivity index (χ1v) is 17.8. The SMILES string of the molecule is c1ccc(-c2ccccc2-c2ccccc2-c2ccccc2N(c2ccc3c(c2)sc2ccccc23)c2ccccc2-c2ccccc2)cc1. The minimum atomic E-state index is 1.13. The average Bonchev–Trinajstić information content (AvgIpc) is 3.57. The van der Waals surface area contributed by atoms with Crippen molar-refractivity contribution in [2.45, 2.75) is 0 Å². The number of benzene rings is 8. The van der Waals surface area contributed by atoms with Gasteiger partial charge in [-0.3, -0.25) is 0 Å². The van der Waals surface area contributed by atoms with Gasteiger partial charge in [-0.2, -0.15) is 0 Å². The van der Waals surface area contributed by atoms with Crippen molar-refractivity contribution >= 4 is 48.6 Å². The molecule has 0 bridgehead atoms. The molecule has 236 valence electrons. The highest BCUT2D eigenvalue weighted by atomic mass is 32.1. The average molecular weight is 656 g/mol. The number of anilines is 3. The molecule has 0 aliphatic heterocycles. The summed E-state index contributed by atoms with van der Waals surface area (Å²) in [5.41, 5.74) is 13.0. The molecule has 0 amide bonds. The van der Waals surface area contributed by atoms with Crippen molar-refractivity contribution in [3.63, 3.8) is 0 Å². The molecule has 0 saturated carbocycles. The van der Waals surface area contributed by atoms with Gasteiger partial charge < -0.3 is 4.90 Å². The van der Waals surface area contributed by atoms with Crippen LogP contribution in [0.2, 0.25) is 0 Å². The second-order valence-corrected chi connectivity index (χ2v) is 13.6. The Hall–Kier alpha value is -6.22. The van der Waals surface area contributed by atoms with Gasteiger partial charge in [0.2, 0.25) is 0 Å². The summed E-state index contributed by atoms with van der Waals surface area (Å²) >= 11 is 1.86. The summed E-state index contributed by atoms with van der Waals surface area (Å²) in [5, 5.41) is 2.60. The van der Waals surface area contributed by atoms with Crippen LogP contribution in [-0.2, 0) is 0 Å². The van der Waals surface area contributed by atoms with E-state index in [9.17, 15) is 0 Å². The van der Waals surface area contributed by atoms with E-state index in [1.54, 1.807) is 0 Å². The van der Waals surface area contributed by atoms with Gasteiger partial charge in [0.15, 0.2) is 0 Å². The van der Waals surface area contributed by atoms with E-state index in [4.69, 9.17) is 0 Å². The molecule has 50 heavy (non-hydrogen) atoms. The van der Waals surface area contributed by atoms with Crippen LogP contribution in [0.5, 0.6) is 0 Å². The van der Waals surface area contributed by atoms with Crippen LogP contribution in [0.25, 0.3) is 64.7 Å². The van der Waals surface area contributed by atoms with Crippen LogP contribution in [0.15, 0.2) is 200 Å². The molecule has 0 spiro atoms. The molecule has 0 atom stereocenters. The smallest absolute Gasteiger partial charge is 0.0540 e. The summed E-state index contributed by atoms with van der Waals surface area (Å²) in [6, 6.07) is 72.4. The molecule has 0 saturated heterocycles. The van der Waals surface area contributed by atoms with Crippen LogP contribution in [0.4, 0.5) is 17.1 Å². The monoisotopic (exact) mass is 655 g/mol. The summed E-state index contributed by atoms with van der Waals surface area (Å²) < 4.78 is 2.59. The van der Waals surface area contributed by atoms with Gasteiger partial charge in [0.25, 0.3) is 0 Å². The molecule has 2 heteroatoms. The van der Waals surface area contributed by atoms with Crippen molar-refractivity contribution in [2.75, 3.05) is 4.90 Å². The molecule has 0 aliphatic carbocycles. The molecule has 0 fully saturated rings. The Morgan fingerprint density at radius 1 is 0.300 bits per heavy atom. The van der Waals surface area contributed by atoms with Crippen molar-refractivity contribution in [3.8, 4) is 44.5 Å². The van der Waals surface area contributed by atoms with Crippen LogP contribution < -0.4 is 4.90 Å². The molecule has 8 aromatic carbocycles. The number of hydrogen-bond acceptors (Lipinski definition) is 2. The van der Waals surface area contributed by atoms with E-state index in [0.29, 0.717) is 0 Å². The summed E-state index contributed by atoms with van der Waals surface area (Å²) in [7, 11) is 0. The van der Waals surface area contributed by atoms with Gasteiger partial charge in [-0.1, -0.05) is 170 Å². The van der Waals surface area contributed by atoms with Crippen LogP contribution in [0, 0.1) is 0 Å². The zero-order chi connectivity index (χ0) is 33.3. The summed E-state index contributed by atoms with van der Waals surface area (Å²) in [6.07, 6.45) is 0. The van der Waals surface area contributed by atoms with Gasteiger partial charge in [0, 0.05) is 37.0 Å². The fourth-order valence-electron chi connectivity index (χ4n) is 7.23. The van der Waals surface area contributed by atoms with Crippen molar-refractivity contribution in [1.82, 2.24) is 0 Å². The van der Waals surface area contributed by atoms with Crippen LogP contribution in [-0.4, -0.2) is 0 Å². The summed E-state index contributed by atoms with van der Waals surface area (Å²) in [5.74, 6) is 0. The first-order chi connectivity index (χ1) is 24.8. The van der Waals surface area contributed by atoms with E-state index in [0.717, 1.165) is 17.1 Å². The third kappa shape index (κ3) is 5.37. The first kappa shape index (κ1) is 29.9. The second-order valence-electron chi connectivity index (χ2n) is 12.5. The highest BCUT2D eigenvalue weighted by molar-refractivity contribution is 7.25. The van der Waals surface area contributed by atoms with Crippen molar-refractivity contribution in [2.24, 2.45) is 0 Å². The predicted octanol–water partition coefficient (Wildman–Crippen LogP) is 14.2. The number of fused-ring (bicyclic) bond motifs is 3. The zero-order valence-corrected chi connectivity index (χ0v) is 28.2. The topological polar surface area (TPSA) is 3.24 Å². The number of para-hydroxylation sites is 2. The lowest BCUT2D eigenvalue weighted by Gasteiger charge is -2.30. The normalized spacial score (nSPS) is 11.2. The standard InChI is InChI=1S/C48H33NS/c1-3-17-34(18-4-1)37-21-7-8-23-39(37)40-24-9-10-25-41(40)42-26-12-15-29-46(42)49(45-28-14-11-22-38(45)35-19-5-2-6-20-35)36-31-32-44-43-27-13-16-30-47(43)50-48(44)33-36/h1-33H. The number of hydrogen-bond donors (Lipinski definition) is 0. The molecule has 0 N–H and O–H groups in total. The molecule has 0 unspecified atom stereocenters. The molecule has 1 heterocycles. The zero-order valence-electron chi connectivity index (χ0n) is 27.4. The van der Waals surface area contributed by atoms with Gasteiger partial charge in [0.05, 0.1) is 11.4 Å². The Balaban J connectivity index is 1.29. The van der Waals surface area contributed by atoms with Crippen LogP contribution >= 0.6 is 11.3 Å². The van der Waals surface area contributed by atoms with Gasteiger partial charge in [-0.25, -0.2) is 0 Å². The summed E-state index contributed by atoms with van der Waals surface area (Å²) in [4.78, 5) is 2.46. The third-order valence-electron chi connectivity index (χ3n) is 9.51. The fraction of sp³-hybridized carbons (Fsp3) is 0. The largest absolute Gasteiger partial charge is 0.309 e. The van der Waals surface area contributed by atoms with Gasteiger partial charge in [-0.15, -0.1) is 11.3 Å². The number of rotatable bonds is 7. The number of nitrogens with zero attached hydrogens (tertiary/aromatic N) is 1. The van der Waals surface area contributed by atoms with E-state index in [2.05, 4.69) is 205 Å². The maximum absolute atomic E-state index is 2.46. The lowest BCUT2D eigenvalue weighted by atomic mass is 9.88. The minimum absolute atomic E-state index is 1.13. The van der Waals surface area contributed by atoms with E-state index in [1.807, 2.05) is 11.3 Å². The Morgan fingerprint density at radius 3 is 1.42 bits per heavy atom. The van der Waals surface area contributed by atoms with Gasteiger partial charge in [0.1, 0.15) is 0 Å². The van der Waals surface area contributed by atoms with Crippen molar-refractivity contribution in [1.29, 1.82) is 0 Å². The van der Waals surface area contributed by atoms with E-state index in [-0.39, 0.29) is 0 Å². The van der Waals surface area contributed by atoms with Crippen LogP contribution in [0.1, 0.15) is 0 Å². The van der Waals surface area contributed by atoms with Crippen LogP contribution in [0.3, 0.4) is 0 Å². The van der Waals surface area contributed by atoms with Crippen molar-refractivity contribution in [3.05, 3.63) is 200 Å². The molecule has 9 rings (SSSR count). The highest BCUT2D eigenvalue weighted by Gasteiger charge is 2.22. The van der Waals surface area contributed by atoms with E-state index in [1.165, 1.54) is 64.7 Å². The van der Waals surface area contributed by atoms with Gasteiger partial charge >= 0.3 is 0 Å². The number of thiophene rings is 1. The molecule has 1 aromatic heterocycles. The van der Waals surface area contributed by atoms with E-state index < -0.39 is 0 Å². The molecular formula is C48H33NS. The molecule has 0 aliphatic rings. The van der Waals surface area contributed by atoms with Gasteiger partial charge in [-0.05, 0) is 63.7 Å². The molecule has 0 radical (unpaired) electrons. The third-order valence-corrected chi connectivity index (χ3v) is 10.6. The Bertz CT molecular complexity index is 2600. The van der Waals surface area contributed by atoms with E-state index >= 15 is 0 Å². The molecule has 9 aromatic rings. The maximum Gasteiger partial charge on any atom is 0.0540 e. The Labute approximate surface area is 297 Å². The Kier molecular flexibility index (Phi) is 7.77. The molecule has 1 nitrogen and oxygen atoms in total. The summed E-state index contributed by atoms with van der Waals surface area (Å²) in [6.45, 7) is 0. The fourth-order valence-corrected chi connectivity index (χ4v) is 8.37. The Morgan fingerprint density at radius 2 is 0.740 bits per heavy atom. The first-order valence-electron chi connectivity index (χ1n) is 17.0. The quantitative estimate of drug-likeness (QED) is 0.165. The minimum Gasteiger partial charge on any atom is -0.309 e. The predicted molar refractivity (Wildman–Crippen MR) is 216 cm³/mol. The highest BCUT2D eigenvalue weighted by Crippen LogP contribution is 2.48. The maximum atomic E-state index is 2.46. The second kappa shape index (κ2) is 13.0.